The van der Waals surface area contributed by atoms with Gasteiger partial charge in [-0.25, -0.2) is 4.98 Å². The van der Waals surface area contributed by atoms with Crippen molar-refractivity contribution in [2.45, 2.75) is 6.54 Å². The van der Waals surface area contributed by atoms with Crippen LogP contribution in [0.3, 0.4) is 0 Å². The number of aryl methyl sites for hydroxylation is 1. The average molecular weight is 259 g/mol. The molecule has 1 aromatic heterocycles. The summed E-state index contributed by atoms with van der Waals surface area (Å²) in [5.74, 6) is 1.06. The molecule has 0 aliphatic heterocycles. The van der Waals surface area contributed by atoms with Crippen LogP contribution in [0.4, 0.5) is 5.82 Å². The SMILES string of the molecule is CO/N=C(\N)c1ncn(C)c1NCc1ccccc1. The Labute approximate surface area is 111 Å². The molecule has 0 amide bonds. The van der Waals surface area contributed by atoms with Gasteiger partial charge in [-0.2, -0.15) is 0 Å². The molecule has 0 aliphatic rings. The number of nitrogens with one attached hydrogen (secondary N) is 1. The summed E-state index contributed by atoms with van der Waals surface area (Å²) in [6.45, 7) is 0.688. The van der Waals surface area contributed by atoms with E-state index in [0.29, 0.717) is 12.2 Å². The van der Waals surface area contributed by atoms with E-state index in [0.717, 1.165) is 5.82 Å². The number of benzene rings is 1. The van der Waals surface area contributed by atoms with Crippen LogP contribution in [0.2, 0.25) is 0 Å². The monoisotopic (exact) mass is 259 g/mol. The van der Waals surface area contributed by atoms with E-state index < -0.39 is 0 Å². The third-order valence-electron chi connectivity index (χ3n) is 2.67. The van der Waals surface area contributed by atoms with Crippen molar-refractivity contribution in [3.63, 3.8) is 0 Å². The minimum Gasteiger partial charge on any atom is -0.397 e. The molecular formula is C13H17N5O. The molecule has 0 radical (unpaired) electrons. The lowest BCUT2D eigenvalue weighted by molar-refractivity contribution is 0.213. The highest BCUT2D eigenvalue weighted by atomic mass is 16.6. The lowest BCUT2D eigenvalue weighted by Gasteiger charge is -2.09. The predicted octanol–water partition coefficient (Wildman–Crippen LogP) is 1.30. The number of imidazole rings is 1. The lowest BCUT2D eigenvalue weighted by atomic mass is 10.2. The first-order chi connectivity index (χ1) is 9.22. The third-order valence-corrected chi connectivity index (χ3v) is 2.67. The number of hydrogen-bond donors (Lipinski definition) is 2. The molecule has 0 saturated heterocycles. The quantitative estimate of drug-likeness (QED) is 0.482. The van der Waals surface area contributed by atoms with Crippen LogP contribution in [0.25, 0.3) is 0 Å². The molecule has 0 spiro atoms. The van der Waals surface area contributed by atoms with Crippen molar-refractivity contribution < 1.29 is 4.84 Å². The predicted molar refractivity (Wildman–Crippen MR) is 74.7 cm³/mol. The van der Waals surface area contributed by atoms with Gasteiger partial charge in [-0.05, 0) is 5.56 Å². The van der Waals surface area contributed by atoms with E-state index in [-0.39, 0.29) is 5.84 Å². The minimum atomic E-state index is 0.249. The highest BCUT2D eigenvalue weighted by Gasteiger charge is 2.12. The minimum absolute atomic E-state index is 0.249. The van der Waals surface area contributed by atoms with Gasteiger partial charge in [-0.3, -0.25) is 0 Å². The summed E-state index contributed by atoms with van der Waals surface area (Å²) in [6, 6.07) is 10.1. The molecule has 0 saturated carbocycles. The largest absolute Gasteiger partial charge is 0.397 e. The molecule has 1 aromatic carbocycles. The van der Waals surface area contributed by atoms with Crippen molar-refractivity contribution in [3.05, 3.63) is 47.9 Å². The number of nitrogens with zero attached hydrogens (tertiary/aromatic N) is 3. The molecule has 6 nitrogen and oxygen atoms in total. The van der Waals surface area contributed by atoms with Crippen LogP contribution in [0.15, 0.2) is 41.8 Å². The molecule has 6 heteroatoms. The zero-order valence-electron chi connectivity index (χ0n) is 11.0. The molecule has 0 fully saturated rings. The molecule has 100 valence electrons. The van der Waals surface area contributed by atoms with Gasteiger partial charge in [-0.1, -0.05) is 35.5 Å². The van der Waals surface area contributed by atoms with Crippen molar-refractivity contribution >= 4 is 11.7 Å². The average Bonchev–Trinajstić information content (AvgIpc) is 2.79. The Hall–Kier alpha value is -2.50. The number of anilines is 1. The van der Waals surface area contributed by atoms with E-state index in [2.05, 4.69) is 32.4 Å². The first kappa shape index (κ1) is 12.9. The van der Waals surface area contributed by atoms with E-state index in [4.69, 9.17) is 5.73 Å². The zero-order valence-corrected chi connectivity index (χ0v) is 11.0. The first-order valence-electron chi connectivity index (χ1n) is 5.88. The van der Waals surface area contributed by atoms with Crippen molar-refractivity contribution in [1.82, 2.24) is 9.55 Å². The first-order valence-corrected chi connectivity index (χ1v) is 5.88. The van der Waals surface area contributed by atoms with Crippen molar-refractivity contribution in [2.24, 2.45) is 17.9 Å². The standard InChI is InChI=1S/C13H17N5O/c1-18-9-16-11(12(14)17-19-2)13(18)15-8-10-6-4-3-5-7-10/h3-7,9,15H,8H2,1-2H3,(H2,14,17). The smallest absolute Gasteiger partial charge is 0.192 e. The van der Waals surface area contributed by atoms with Crippen molar-refractivity contribution in [1.29, 1.82) is 0 Å². The van der Waals surface area contributed by atoms with Crippen LogP contribution >= 0.6 is 0 Å². The van der Waals surface area contributed by atoms with E-state index >= 15 is 0 Å². The fraction of sp³-hybridized carbons (Fsp3) is 0.231. The van der Waals surface area contributed by atoms with Gasteiger partial charge in [0.05, 0.1) is 6.33 Å². The van der Waals surface area contributed by atoms with Gasteiger partial charge in [0.25, 0.3) is 0 Å². The number of oxime groups is 1. The van der Waals surface area contributed by atoms with Gasteiger partial charge in [0.2, 0.25) is 0 Å². The topological polar surface area (TPSA) is 77.5 Å². The molecule has 1 heterocycles. The molecule has 0 atom stereocenters. The maximum absolute atomic E-state index is 5.80. The van der Waals surface area contributed by atoms with Crippen LogP contribution in [-0.2, 0) is 18.4 Å². The van der Waals surface area contributed by atoms with Gasteiger partial charge in [-0.15, -0.1) is 0 Å². The maximum atomic E-state index is 5.80. The van der Waals surface area contributed by atoms with Crippen LogP contribution in [-0.4, -0.2) is 22.5 Å². The number of amidine groups is 1. The van der Waals surface area contributed by atoms with Gasteiger partial charge in [0, 0.05) is 13.6 Å². The molecule has 0 aliphatic carbocycles. The molecule has 2 aromatic rings. The summed E-state index contributed by atoms with van der Waals surface area (Å²) >= 11 is 0. The van der Waals surface area contributed by atoms with Gasteiger partial charge < -0.3 is 20.5 Å². The summed E-state index contributed by atoms with van der Waals surface area (Å²) < 4.78 is 1.86. The van der Waals surface area contributed by atoms with Gasteiger partial charge in [0.15, 0.2) is 11.5 Å². The maximum Gasteiger partial charge on any atom is 0.192 e. The molecule has 0 bridgehead atoms. The van der Waals surface area contributed by atoms with Crippen molar-refractivity contribution in [3.8, 4) is 0 Å². The third kappa shape index (κ3) is 3.04. The number of rotatable bonds is 5. The van der Waals surface area contributed by atoms with E-state index in [9.17, 15) is 0 Å². The molecule has 19 heavy (non-hydrogen) atoms. The lowest BCUT2D eigenvalue weighted by Crippen LogP contribution is -2.17. The van der Waals surface area contributed by atoms with Gasteiger partial charge >= 0.3 is 0 Å². The van der Waals surface area contributed by atoms with E-state index in [1.54, 1.807) is 6.33 Å². The van der Waals surface area contributed by atoms with Gasteiger partial charge in [0.1, 0.15) is 12.9 Å². The fourth-order valence-electron chi connectivity index (χ4n) is 1.75. The fourth-order valence-corrected chi connectivity index (χ4v) is 1.75. The van der Waals surface area contributed by atoms with Crippen LogP contribution < -0.4 is 11.1 Å². The highest BCUT2D eigenvalue weighted by molar-refractivity contribution is 5.99. The zero-order chi connectivity index (χ0) is 13.7. The summed E-state index contributed by atoms with van der Waals surface area (Å²) in [5.41, 5.74) is 7.56. The van der Waals surface area contributed by atoms with Crippen LogP contribution in [0.5, 0.6) is 0 Å². The number of hydrogen-bond acceptors (Lipinski definition) is 4. The van der Waals surface area contributed by atoms with Crippen LogP contribution in [0.1, 0.15) is 11.3 Å². The molecule has 3 N–H and O–H groups in total. The number of nitrogens with two attached hydrogens (primary N) is 1. The summed E-state index contributed by atoms with van der Waals surface area (Å²) in [6.07, 6.45) is 1.68. The second-order valence-corrected chi connectivity index (χ2v) is 4.05. The highest BCUT2D eigenvalue weighted by Crippen LogP contribution is 2.14. The van der Waals surface area contributed by atoms with E-state index in [1.165, 1.54) is 12.7 Å². The van der Waals surface area contributed by atoms with E-state index in [1.807, 2.05) is 29.8 Å². The Balaban J connectivity index is 2.16. The molecule has 2 rings (SSSR count). The second-order valence-electron chi connectivity index (χ2n) is 4.05. The summed E-state index contributed by atoms with van der Waals surface area (Å²) in [4.78, 5) is 8.88. The Bertz CT molecular complexity index is 562. The normalized spacial score (nSPS) is 11.4. The van der Waals surface area contributed by atoms with Crippen molar-refractivity contribution in [2.75, 3.05) is 12.4 Å². The Morgan fingerprint density at radius 3 is 2.84 bits per heavy atom. The Kier molecular flexibility index (Phi) is 4.02. The summed E-state index contributed by atoms with van der Waals surface area (Å²) in [7, 11) is 3.34. The molecular weight excluding hydrogens is 242 g/mol. The van der Waals surface area contributed by atoms with Crippen LogP contribution in [0, 0.1) is 0 Å². The molecule has 0 unspecified atom stereocenters. The summed E-state index contributed by atoms with van der Waals surface area (Å²) in [5, 5.41) is 7.00. The Morgan fingerprint density at radius 2 is 2.16 bits per heavy atom. The number of aromatic nitrogens is 2. The second kappa shape index (κ2) is 5.90. The Morgan fingerprint density at radius 1 is 1.42 bits per heavy atom.